The fourth-order valence-electron chi connectivity index (χ4n) is 2.98. The van der Waals surface area contributed by atoms with Gasteiger partial charge in [0.2, 0.25) is 10.0 Å². The molecule has 1 N–H and O–H groups in total. The van der Waals surface area contributed by atoms with Gasteiger partial charge in [0.15, 0.2) is 11.6 Å². The molecule has 1 saturated carbocycles. The Morgan fingerprint density at radius 3 is 2.48 bits per heavy atom. The predicted octanol–water partition coefficient (Wildman–Crippen LogP) is 2.49. The summed E-state index contributed by atoms with van der Waals surface area (Å²) in [7, 11) is -3.71. The van der Waals surface area contributed by atoms with Gasteiger partial charge in [-0.2, -0.15) is 0 Å². The normalized spacial score (nSPS) is 20.2. The number of Topliss-reactive ketones (excluding diaryl/α,β-unsaturated/α-hetero) is 1. The molecule has 1 aliphatic carbocycles. The number of carbonyl (C=O) groups excluding carboxylic acids is 1. The van der Waals surface area contributed by atoms with Crippen LogP contribution in [0.25, 0.3) is 0 Å². The highest BCUT2D eigenvalue weighted by Crippen LogP contribution is 2.24. The zero-order valence-corrected chi connectivity index (χ0v) is 15.6. The van der Waals surface area contributed by atoms with Gasteiger partial charge in [0.05, 0.1) is 17.3 Å². The topological polar surface area (TPSA) is 98.2 Å². The van der Waals surface area contributed by atoms with Crippen LogP contribution < -0.4 is 9.46 Å². The number of aromatic nitrogens is 2. The third kappa shape index (κ3) is 5.08. The average molecular weight is 393 g/mol. The molecule has 1 heterocycles. The van der Waals surface area contributed by atoms with Gasteiger partial charge in [-0.1, -0.05) is 12.1 Å². The van der Waals surface area contributed by atoms with E-state index in [0.717, 1.165) is 12.4 Å². The van der Waals surface area contributed by atoms with Gasteiger partial charge in [-0.3, -0.25) is 4.79 Å². The minimum Gasteiger partial charge on any atom is -0.460 e. The predicted molar refractivity (Wildman–Crippen MR) is 95.4 cm³/mol. The molecule has 0 bridgehead atoms. The maximum Gasteiger partial charge on any atom is 0.316 e. The first kappa shape index (κ1) is 19.4. The van der Waals surface area contributed by atoms with Crippen LogP contribution in [0, 0.1) is 5.82 Å². The van der Waals surface area contributed by atoms with Gasteiger partial charge < -0.3 is 4.74 Å². The van der Waals surface area contributed by atoms with Crippen LogP contribution in [0.1, 0.15) is 43.0 Å². The highest BCUT2D eigenvalue weighted by atomic mass is 32.2. The summed E-state index contributed by atoms with van der Waals surface area (Å²) >= 11 is 0. The Balaban J connectivity index is 1.57. The van der Waals surface area contributed by atoms with Gasteiger partial charge in [0.1, 0.15) is 6.10 Å². The highest BCUT2D eigenvalue weighted by molar-refractivity contribution is 7.89. The van der Waals surface area contributed by atoms with Crippen molar-refractivity contribution in [2.75, 3.05) is 0 Å². The second-order valence-electron chi connectivity index (χ2n) is 6.48. The summed E-state index contributed by atoms with van der Waals surface area (Å²) < 4.78 is 46.3. The Hall–Kier alpha value is -2.39. The summed E-state index contributed by atoms with van der Waals surface area (Å²) in [6.45, 7) is 1.39. The molecule has 0 aliphatic heterocycles. The minimum absolute atomic E-state index is 0.0771. The SMILES string of the molecule is CC(=O)c1cccc(S(=O)(=O)NC2CCC(Oc3ncc(F)cn3)CC2)c1. The lowest BCUT2D eigenvalue weighted by Crippen LogP contribution is -2.39. The monoisotopic (exact) mass is 393 g/mol. The van der Waals surface area contributed by atoms with E-state index in [9.17, 15) is 17.6 Å². The molecule has 0 radical (unpaired) electrons. The number of carbonyl (C=O) groups is 1. The van der Waals surface area contributed by atoms with Crippen LogP contribution in [0.5, 0.6) is 6.01 Å². The molecule has 0 saturated heterocycles. The Bertz CT molecular complexity index is 910. The first-order chi connectivity index (χ1) is 12.8. The van der Waals surface area contributed by atoms with Gasteiger partial charge in [-0.25, -0.2) is 27.5 Å². The van der Waals surface area contributed by atoms with Crippen LogP contribution in [0.3, 0.4) is 0 Å². The number of nitrogens with zero attached hydrogens (tertiary/aromatic N) is 2. The number of hydrogen-bond acceptors (Lipinski definition) is 6. The maximum atomic E-state index is 12.8. The smallest absolute Gasteiger partial charge is 0.316 e. The molecule has 27 heavy (non-hydrogen) atoms. The maximum absolute atomic E-state index is 12.8. The molecular formula is C18H20FN3O4S. The number of sulfonamides is 1. The fourth-order valence-corrected chi connectivity index (χ4v) is 4.33. The minimum atomic E-state index is -3.71. The van der Waals surface area contributed by atoms with Gasteiger partial charge in [0.25, 0.3) is 0 Å². The number of hydrogen-bond donors (Lipinski definition) is 1. The van der Waals surface area contributed by atoms with E-state index in [4.69, 9.17) is 4.74 Å². The van der Waals surface area contributed by atoms with Crippen LogP contribution in [0.2, 0.25) is 0 Å². The lowest BCUT2D eigenvalue weighted by Gasteiger charge is -2.28. The van der Waals surface area contributed by atoms with E-state index in [1.165, 1.54) is 19.1 Å². The summed E-state index contributed by atoms with van der Waals surface area (Å²) in [5, 5.41) is 0. The number of halogens is 1. The molecule has 0 spiro atoms. The van der Waals surface area contributed by atoms with Crippen LogP contribution in [0.4, 0.5) is 4.39 Å². The number of benzene rings is 1. The third-order valence-corrected chi connectivity index (χ3v) is 5.93. The second kappa shape index (κ2) is 8.10. The Morgan fingerprint density at radius 2 is 1.85 bits per heavy atom. The number of ketones is 1. The van der Waals surface area contributed by atoms with Crippen molar-refractivity contribution in [3.05, 3.63) is 48.0 Å². The van der Waals surface area contributed by atoms with E-state index in [1.54, 1.807) is 12.1 Å². The Morgan fingerprint density at radius 1 is 1.19 bits per heavy atom. The first-order valence-corrected chi connectivity index (χ1v) is 10.1. The summed E-state index contributed by atoms with van der Waals surface area (Å²) in [5.74, 6) is -0.720. The van der Waals surface area contributed by atoms with E-state index in [2.05, 4.69) is 14.7 Å². The largest absolute Gasteiger partial charge is 0.460 e. The summed E-state index contributed by atoms with van der Waals surface area (Å²) in [6.07, 6.45) is 4.38. The van der Waals surface area contributed by atoms with Crippen LogP contribution in [-0.4, -0.2) is 36.3 Å². The highest BCUT2D eigenvalue weighted by Gasteiger charge is 2.27. The lowest BCUT2D eigenvalue weighted by molar-refractivity contribution is 0.101. The van der Waals surface area contributed by atoms with Gasteiger partial charge in [-0.15, -0.1) is 0 Å². The van der Waals surface area contributed by atoms with Crippen molar-refractivity contribution in [1.29, 1.82) is 0 Å². The van der Waals surface area contributed by atoms with E-state index in [1.807, 2.05) is 0 Å². The molecule has 1 fully saturated rings. The van der Waals surface area contributed by atoms with Crippen molar-refractivity contribution < 1.29 is 22.3 Å². The van der Waals surface area contributed by atoms with Gasteiger partial charge in [0, 0.05) is 11.6 Å². The summed E-state index contributed by atoms with van der Waals surface area (Å²) in [5.41, 5.74) is 0.356. The molecule has 2 aromatic rings. The van der Waals surface area contributed by atoms with Crippen molar-refractivity contribution in [3.8, 4) is 6.01 Å². The van der Waals surface area contributed by atoms with Crippen LogP contribution >= 0.6 is 0 Å². The van der Waals surface area contributed by atoms with Crippen molar-refractivity contribution in [1.82, 2.24) is 14.7 Å². The van der Waals surface area contributed by atoms with E-state index in [-0.39, 0.29) is 28.8 Å². The molecule has 1 aromatic heterocycles. The Labute approximate surface area is 157 Å². The first-order valence-electron chi connectivity index (χ1n) is 8.61. The molecule has 3 rings (SSSR count). The molecule has 144 valence electrons. The molecule has 7 nitrogen and oxygen atoms in total. The van der Waals surface area contributed by atoms with E-state index < -0.39 is 15.8 Å². The molecule has 0 atom stereocenters. The summed E-state index contributed by atoms with van der Waals surface area (Å²) in [4.78, 5) is 19.1. The van der Waals surface area contributed by atoms with Crippen molar-refractivity contribution >= 4 is 15.8 Å². The lowest BCUT2D eigenvalue weighted by atomic mass is 9.94. The van der Waals surface area contributed by atoms with Gasteiger partial charge in [-0.05, 0) is 44.7 Å². The second-order valence-corrected chi connectivity index (χ2v) is 8.19. The van der Waals surface area contributed by atoms with Gasteiger partial charge >= 0.3 is 6.01 Å². The Kier molecular flexibility index (Phi) is 5.81. The molecular weight excluding hydrogens is 373 g/mol. The zero-order valence-electron chi connectivity index (χ0n) is 14.8. The molecule has 0 unspecified atom stereocenters. The quantitative estimate of drug-likeness (QED) is 0.757. The number of rotatable bonds is 6. The van der Waals surface area contributed by atoms with Crippen molar-refractivity contribution in [2.45, 2.75) is 49.6 Å². The number of nitrogens with one attached hydrogen (secondary N) is 1. The standard InChI is InChI=1S/C18H20FN3O4S/c1-12(23)13-3-2-4-17(9-13)27(24,25)22-15-5-7-16(8-6-15)26-18-20-10-14(19)11-21-18/h2-4,9-11,15-16,22H,5-8H2,1H3. The van der Waals surface area contributed by atoms with E-state index >= 15 is 0 Å². The molecule has 1 aliphatic rings. The average Bonchev–Trinajstić information content (AvgIpc) is 2.65. The zero-order chi connectivity index (χ0) is 19.4. The third-order valence-electron chi connectivity index (χ3n) is 4.42. The molecule has 1 aromatic carbocycles. The molecule has 9 heteroatoms. The van der Waals surface area contributed by atoms with Crippen molar-refractivity contribution in [2.24, 2.45) is 0 Å². The van der Waals surface area contributed by atoms with Crippen LogP contribution in [0.15, 0.2) is 41.6 Å². The van der Waals surface area contributed by atoms with Crippen molar-refractivity contribution in [3.63, 3.8) is 0 Å². The fraction of sp³-hybridized carbons (Fsp3) is 0.389. The van der Waals surface area contributed by atoms with Crippen LogP contribution in [-0.2, 0) is 10.0 Å². The summed E-state index contributed by atoms with van der Waals surface area (Å²) in [6, 6.07) is 5.88. The molecule has 0 amide bonds. The van der Waals surface area contributed by atoms with E-state index in [0.29, 0.717) is 31.2 Å². The number of ether oxygens (including phenoxy) is 1.